The number of carbonyl (C=O) groups is 1. The molecule has 1 saturated carbocycles. The Bertz CT molecular complexity index is 282. The standard InChI is InChI=1S/C10H14O3/c1-9(5-12-9)6-3-7(11)10(2)8(4-6)13-10/h6,8H,3-5H2,1-2H3. The highest BCUT2D eigenvalue weighted by atomic mass is 16.6. The summed E-state index contributed by atoms with van der Waals surface area (Å²) in [5, 5.41) is 0. The SMILES string of the molecule is CC1(C2CC(=O)C3(C)OC3C2)CO1. The van der Waals surface area contributed by atoms with Gasteiger partial charge in [-0.3, -0.25) is 4.79 Å². The number of epoxide rings is 2. The number of hydrogen-bond acceptors (Lipinski definition) is 3. The van der Waals surface area contributed by atoms with Crippen LogP contribution in [0.15, 0.2) is 0 Å². The largest absolute Gasteiger partial charge is 0.370 e. The van der Waals surface area contributed by atoms with Crippen molar-refractivity contribution in [2.24, 2.45) is 5.92 Å². The maximum atomic E-state index is 11.7. The molecule has 3 fully saturated rings. The van der Waals surface area contributed by atoms with E-state index in [0.717, 1.165) is 13.0 Å². The lowest BCUT2D eigenvalue weighted by molar-refractivity contribution is -0.125. The summed E-state index contributed by atoms with van der Waals surface area (Å²) < 4.78 is 10.8. The monoisotopic (exact) mass is 182 g/mol. The van der Waals surface area contributed by atoms with E-state index in [4.69, 9.17) is 9.47 Å². The smallest absolute Gasteiger partial charge is 0.167 e. The molecule has 0 N–H and O–H groups in total. The van der Waals surface area contributed by atoms with Crippen LogP contribution in [0.3, 0.4) is 0 Å². The van der Waals surface area contributed by atoms with Gasteiger partial charge in [0.15, 0.2) is 5.78 Å². The van der Waals surface area contributed by atoms with Crippen LogP contribution in [0.25, 0.3) is 0 Å². The van der Waals surface area contributed by atoms with E-state index in [-0.39, 0.29) is 17.5 Å². The van der Waals surface area contributed by atoms with E-state index in [1.807, 2.05) is 6.92 Å². The molecule has 0 bridgehead atoms. The first-order valence-electron chi connectivity index (χ1n) is 4.90. The Labute approximate surface area is 77.4 Å². The molecule has 0 aromatic carbocycles. The molecule has 72 valence electrons. The third-order valence-corrected chi connectivity index (χ3v) is 3.89. The first-order valence-corrected chi connectivity index (χ1v) is 4.90. The van der Waals surface area contributed by atoms with Gasteiger partial charge in [0.25, 0.3) is 0 Å². The van der Waals surface area contributed by atoms with Crippen molar-refractivity contribution in [3.05, 3.63) is 0 Å². The van der Waals surface area contributed by atoms with E-state index < -0.39 is 5.60 Å². The van der Waals surface area contributed by atoms with Crippen LogP contribution in [0.2, 0.25) is 0 Å². The molecule has 2 saturated heterocycles. The van der Waals surface area contributed by atoms with Gasteiger partial charge in [-0.1, -0.05) is 0 Å². The molecule has 13 heavy (non-hydrogen) atoms. The molecule has 0 aromatic heterocycles. The Morgan fingerprint density at radius 2 is 2.15 bits per heavy atom. The van der Waals surface area contributed by atoms with Gasteiger partial charge < -0.3 is 9.47 Å². The lowest BCUT2D eigenvalue weighted by atomic mass is 9.76. The van der Waals surface area contributed by atoms with Gasteiger partial charge in [-0.05, 0) is 26.2 Å². The van der Waals surface area contributed by atoms with Crippen molar-refractivity contribution >= 4 is 5.78 Å². The highest BCUT2D eigenvalue weighted by Crippen LogP contribution is 2.52. The first-order chi connectivity index (χ1) is 6.05. The van der Waals surface area contributed by atoms with E-state index in [1.165, 1.54) is 0 Å². The number of carbonyl (C=O) groups excluding carboxylic acids is 1. The van der Waals surface area contributed by atoms with E-state index in [2.05, 4.69) is 6.92 Å². The first kappa shape index (κ1) is 7.94. The third-order valence-electron chi connectivity index (χ3n) is 3.89. The van der Waals surface area contributed by atoms with Gasteiger partial charge in [0.1, 0.15) is 5.60 Å². The Balaban J connectivity index is 1.79. The lowest BCUT2D eigenvalue weighted by Gasteiger charge is -2.24. The maximum absolute atomic E-state index is 11.7. The van der Waals surface area contributed by atoms with E-state index >= 15 is 0 Å². The molecule has 2 heterocycles. The molecule has 0 amide bonds. The topological polar surface area (TPSA) is 42.1 Å². The molecule has 4 unspecified atom stereocenters. The highest BCUT2D eigenvalue weighted by molar-refractivity contribution is 5.91. The van der Waals surface area contributed by atoms with Gasteiger partial charge in [0.05, 0.1) is 18.3 Å². The molecular weight excluding hydrogens is 168 g/mol. The molecule has 3 heteroatoms. The van der Waals surface area contributed by atoms with Crippen molar-refractivity contribution in [3.8, 4) is 0 Å². The highest BCUT2D eigenvalue weighted by Gasteiger charge is 2.65. The quantitative estimate of drug-likeness (QED) is 0.566. The zero-order valence-electron chi connectivity index (χ0n) is 8.00. The van der Waals surface area contributed by atoms with Crippen molar-refractivity contribution in [3.63, 3.8) is 0 Å². The lowest BCUT2D eigenvalue weighted by Crippen LogP contribution is -2.37. The van der Waals surface area contributed by atoms with Crippen molar-refractivity contribution < 1.29 is 14.3 Å². The van der Waals surface area contributed by atoms with Gasteiger partial charge in [0, 0.05) is 6.42 Å². The predicted molar refractivity (Wildman–Crippen MR) is 45.4 cm³/mol. The van der Waals surface area contributed by atoms with Gasteiger partial charge >= 0.3 is 0 Å². The minimum Gasteiger partial charge on any atom is -0.370 e. The van der Waals surface area contributed by atoms with Crippen LogP contribution in [-0.4, -0.2) is 29.7 Å². The number of Topliss-reactive ketones (excluding diaryl/α,β-unsaturated/α-hetero) is 1. The summed E-state index contributed by atoms with van der Waals surface area (Å²) in [6.07, 6.45) is 1.82. The second-order valence-corrected chi connectivity index (χ2v) is 4.87. The minimum absolute atomic E-state index is 0.0110. The van der Waals surface area contributed by atoms with Crippen molar-refractivity contribution in [2.45, 2.75) is 44.0 Å². The number of ether oxygens (including phenoxy) is 2. The fourth-order valence-electron chi connectivity index (χ4n) is 2.36. The van der Waals surface area contributed by atoms with Gasteiger partial charge in [-0.25, -0.2) is 0 Å². The van der Waals surface area contributed by atoms with Crippen LogP contribution in [-0.2, 0) is 14.3 Å². The fraction of sp³-hybridized carbons (Fsp3) is 0.900. The molecule has 4 atom stereocenters. The van der Waals surface area contributed by atoms with Crippen molar-refractivity contribution in [1.82, 2.24) is 0 Å². The molecule has 3 nitrogen and oxygen atoms in total. The number of rotatable bonds is 1. The zero-order chi connectivity index (χ0) is 9.27. The van der Waals surface area contributed by atoms with Gasteiger partial charge in [-0.15, -0.1) is 0 Å². The van der Waals surface area contributed by atoms with Crippen LogP contribution in [0, 0.1) is 5.92 Å². The molecule has 1 aliphatic carbocycles. The molecule has 0 aromatic rings. The van der Waals surface area contributed by atoms with Gasteiger partial charge in [0.2, 0.25) is 0 Å². The molecule has 0 spiro atoms. The Morgan fingerprint density at radius 1 is 1.46 bits per heavy atom. The summed E-state index contributed by atoms with van der Waals surface area (Å²) in [5.74, 6) is 0.658. The number of hydrogen-bond donors (Lipinski definition) is 0. The van der Waals surface area contributed by atoms with Crippen LogP contribution in [0.4, 0.5) is 0 Å². The predicted octanol–water partition coefficient (Wildman–Crippen LogP) is 0.912. The second-order valence-electron chi connectivity index (χ2n) is 4.87. The summed E-state index contributed by atoms with van der Waals surface area (Å²) in [6, 6.07) is 0. The number of ketones is 1. The zero-order valence-corrected chi connectivity index (χ0v) is 8.00. The Hall–Kier alpha value is -0.410. The van der Waals surface area contributed by atoms with Crippen LogP contribution in [0.1, 0.15) is 26.7 Å². The molecule has 0 radical (unpaired) electrons. The summed E-state index contributed by atoms with van der Waals surface area (Å²) in [4.78, 5) is 11.7. The molecule has 3 rings (SSSR count). The van der Waals surface area contributed by atoms with Gasteiger partial charge in [-0.2, -0.15) is 0 Å². The molecular formula is C10H14O3. The normalized spacial score (nSPS) is 58.8. The summed E-state index contributed by atoms with van der Waals surface area (Å²) in [6.45, 7) is 4.82. The van der Waals surface area contributed by atoms with Crippen LogP contribution < -0.4 is 0 Å². The fourth-order valence-corrected chi connectivity index (χ4v) is 2.36. The van der Waals surface area contributed by atoms with Crippen molar-refractivity contribution in [1.29, 1.82) is 0 Å². The van der Waals surface area contributed by atoms with Crippen LogP contribution in [0.5, 0.6) is 0 Å². The summed E-state index contributed by atoms with van der Waals surface area (Å²) >= 11 is 0. The minimum atomic E-state index is -0.415. The third kappa shape index (κ3) is 0.945. The van der Waals surface area contributed by atoms with Crippen molar-refractivity contribution in [2.75, 3.05) is 6.61 Å². The summed E-state index contributed by atoms with van der Waals surface area (Å²) in [5.41, 5.74) is -0.426. The van der Waals surface area contributed by atoms with E-state index in [0.29, 0.717) is 12.3 Å². The average molecular weight is 182 g/mol. The van der Waals surface area contributed by atoms with Crippen LogP contribution >= 0.6 is 0 Å². The second kappa shape index (κ2) is 1.98. The van der Waals surface area contributed by atoms with E-state index in [1.54, 1.807) is 0 Å². The molecule has 2 aliphatic heterocycles. The summed E-state index contributed by atoms with van der Waals surface area (Å²) in [7, 11) is 0. The van der Waals surface area contributed by atoms with E-state index in [9.17, 15) is 4.79 Å². The maximum Gasteiger partial charge on any atom is 0.167 e. The Morgan fingerprint density at radius 3 is 2.69 bits per heavy atom. The average Bonchev–Trinajstić information content (AvgIpc) is 2.90. The molecule has 3 aliphatic rings. The number of fused-ring (bicyclic) bond motifs is 1. The Kier molecular flexibility index (Phi) is 1.21.